The Kier molecular flexibility index (Phi) is 7.62. The molecule has 0 aliphatic carbocycles. The number of nitrogens with zero attached hydrogens (tertiary/aromatic N) is 4. The first-order valence-electron chi connectivity index (χ1n) is 14.9. The lowest BCUT2D eigenvalue weighted by molar-refractivity contribution is -0.121. The van der Waals surface area contributed by atoms with Crippen molar-refractivity contribution in [1.29, 1.82) is 0 Å². The van der Waals surface area contributed by atoms with E-state index in [1.165, 1.54) is 16.7 Å². The Hall–Kier alpha value is -3.98. The molecule has 0 radical (unpaired) electrons. The summed E-state index contributed by atoms with van der Waals surface area (Å²) in [5, 5.41) is 7.07. The van der Waals surface area contributed by atoms with Gasteiger partial charge in [-0.05, 0) is 81.1 Å². The van der Waals surface area contributed by atoms with Gasteiger partial charge in [0.25, 0.3) is 5.91 Å². The van der Waals surface area contributed by atoms with Gasteiger partial charge in [-0.1, -0.05) is 18.2 Å². The highest BCUT2D eigenvalue weighted by Crippen LogP contribution is 2.48. The van der Waals surface area contributed by atoms with Gasteiger partial charge in [0, 0.05) is 60.9 Å². The molecule has 1 unspecified atom stereocenters. The molecule has 1 fully saturated rings. The van der Waals surface area contributed by atoms with E-state index in [1.807, 2.05) is 16.9 Å². The summed E-state index contributed by atoms with van der Waals surface area (Å²) >= 11 is 0. The fraction of sp³-hybridized carbons (Fsp3) is 0.455. The first kappa shape index (κ1) is 28.2. The van der Waals surface area contributed by atoms with E-state index < -0.39 is 6.04 Å². The zero-order valence-corrected chi connectivity index (χ0v) is 24.6. The lowest BCUT2D eigenvalue weighted by Gasteiger charge is -2.38. The van der Waals surface area contributed by atoms with Crippen LogP contribution in [0.15, 0.2) is 48.8 Å². The van der Waals surface area contributed by atoms with Gasteiger partial charge in [0.2, 0.25) is 5.91 Å². The maximum Gasteiger partial charge on any atom is 0.255 e. The first-order valence-corrected chi connectivity index (χ1v) is 14.9. The number of carbonyl (C=O) groups excluding carboxylic acids is 3. The molecular formula is C33H39N5O4. The quantitative estimate of drug-likeness (QED) is 0.390. The van der Waals surface area contributed by atoms with Gasteiger partial charge in [0.15, 0.2) is 0 Å². The molecule has 9 nitrogen and oxygen atoms in total. The summed E-state index contributed by atoms with van der Waals surface area (Å²) in [7, 11) is 1.57. The van der Waals surface area contributed by atoms with Crippen LogP contribution in [0.3, 0.4) is 0 Å². The van der Waals surface area contributed by atoms with E-state index in [-0.39, 0.29) is 23.7 Å². The number of aromatic nitrogens is 2. The third-order valence-electron chi connectivity index (χ3n) is 9.23. The largest absolute Gasteiger partial charge is 0.492 e. The number of likely N-dealkylation sites (tertiary alicyclic amines) is 1. The van der Waals surface area contributed by atoms with Crippen LogP contribution < -0.4 is 10.1 Å². The van der Waals surface area contributed by atoms with Crippen LogP contribution in [0.5, 0.6) is 5.75 Å². The molecule has 1 atom stereocenters. The molecule has 2 aromatic carbocycles. The Bertz CT molecular complexity index is 1500. The minimum Gasteiger partial charge on any atom is -0.492 e. The van der Waals surface area contributed by atoms with Crippen molar-refractivity contribution in [2.45, 2.75) is 70.1 Å². The second kappa shape index (κ2) is 11.4. The molecule has 0 bridgehead atoms. The van der Waals surface area contributed by atoms with Crippen LogP contribution in [0.4, 0.5) is 0 Å². The highest BCUT2D eigenvalue weighted by Gasteiger charge is 2.45. The number of hydrogen-bond donors (Lipinski definition) is 1. The van der Waals surface area contributed by atoms with E-state index in [1.54, 1.807) is 11.9 Å². The number of carbonyl (C=O) groups is 3. The van der Waals surface area contributed by atoms with Crippen LogP contribution in [-0.4, -0.2) is 70.5 Å². The van der Waals surface area contributed by atoms with Gasteiger partial charge >= 0.3 is 0 Å². The first-order chi connectivity index (χ1) is 20.3. The molecule has 1 saturated heterocycles. The molecule has 9 heteroatoms. The molecule has 3 aliphatic rings. The lowest BCUT2D eigenvalue weighted by atomic mass is 9.74. The molecule has 1 spiro atoms. The van der Waals surface area contributed by atoms with Crippen LogP contribution >= 0.6 is 0 Å². The SMILES string of the molecule is CNC(=O)CCC(C=O)N1Cc2cc3c(cc2C1=O)OCC31CCN(Cc2cccc(-c3cnn(C(C)C)c3)c2)CC1. The van der Waals surface area contributed by atoms with Gasteiger partial charge in [0.1, 0.15) is 12.0 Å². The molecule has 1 aromatic heterocycles. The van der Waals surface area contributed by atoms with E-state index in [4.69, 9.17) is 4.74 Å². The highest BCUT2D eigenvalue weighted by molar-refractivity contribution is 6.00. The van der Waals surface area contributed by atoms with Crippen LogP contribution in [0.1, 0.15) is 72.6 Å². The second-order valence-electron chi connectivity index (χ2n) is 12.2. The van der Waals surface area contributed by atoms with Crippen molar-refractivity contribution in [3.63, 3.8) is 0 Å². The highest BCUT2D eigenvalue weighted by atomic mass is 16.5. The van der Waals surface area contributed by atoms with E-state index in [9.17, 15) is 14.4 Å². The van der Waals surface area contributed by atoms with E-state index in [2.05, 4.69) is 65.7 Å². The minimum absolute atomic E-state index is 0.0616. The van der Waals surface area contributed by atoms with Gasteiger partial charge in [-0.3, -0.25) is 19.2 Å². The van der Waals surface area contributed by atoms with Crippen molar-refractivity contribution in [2.75, 3.05) is 26.7 Å². The minimum atomic E-state index is -0.625. The molecule has 2 amide bonds. The molecule has 1 N–H and O–H groups in total. The number of amides is 2. The number of fused-ring (bicyclic) bond motifs is 3. The lowest BCUT2D eigenvalue weighted by Crippen LogP contribution is -2.43. The molecule has 0 saturated carbocycles. The van der Waals surface area contributed by atoms with Crippen molar-refractivity contribution >= 4 is 18.1 Å². The second-order valence-corrected chi connectivity index (χ2v) is 12.2. The predicted octanol–water partition coefficient (Wildman–Crippen LogP) is 4.11. The van der Waals surface area contributed by atoms with Crippen LogP contribution in [0.25, 0.3) is 11.1 Å². The van der Waals surface area contributed by atoms with Crippen molar-refractivity contribution in [3.05, 3.63) is 71.0 Å². The molecule has 3 aliphatic heterocycles. The average molecular weight is 570 g/mol. The Balaban J connectivity index is 1.12. The summed E-state index contributed by atoms with van der Waals surface area (Å²) in [6.45, 7) is 8.11. The molecule has 6 rings (SSSR count). The number of benzene rings is 2. The predicted molar refractivity (Wildman–Crippen MR) is 159 cm³/mol. The fourth-order valence-corrected chi connectivity index (χ4v) is 6.59. The van der Waals surface area contributed by atoms with Gasteiger partial charge in [0.05, 0.1) is 18.8 Å². The third kappa shape index (κ3) is 5.22. The Labute approximate surface area is 246 Å². The average Bonchev–Trinajstić information content (AvgIpc) is 3.71. The van der Waals surface area contributed by atoms with E-state index in [0.29, 0.717) is 31.2 Å². The number of piperidine rings is 1. The van der Waals surface area contributed by atoms with Crippen molar-refractivity contribution < 1.29 is 19.1 Å². The van der Waals surface area contributed by atoms with Crippen LogP contribution in [0.2, 0.25) is 0 Å². The summed E-state index contributed by atoms with van der Waals surface area (Å²) in [6, 6.07) is 12.5. The summed E-state index contributed by atoms with van der Waals surface area (Å²) in [4.78, 5) is 40.9. The summed E-state index contributed by atoms with van der Waals surface area (Å²) < 4.78 is 8.19. The normalized spacial score (nSPS) is 18.2. The van der Waals surface area contributed by atoms with E-state index >= 15 is 0 Å². The van der Waals surface area contributed by atoms with Gasteiger partial charge < -0.3 is 19.7 Å². The van der Waals surface area contributed by atoms with Gasteiger partial charge in [-0.15, -0.1) is 0 Å². The Morgan fingerprint density at radius 3 is 2.69 bits per heavy atom. The van der Waals surface area contributed by atoms with E-state index in [0.717, 1.165) is 55.6 Å². The molecular weight excluding hydrogens is 530 g/mol. The van der Waals surface area contributed by atoms with Crippen LogP contribution in [0, 0.1) is 0 Å². The van der Waals surface area contributed by atoms with Gasteiger partial charge in [-0.25, -0.2) is 0 Å². The Morgan fingerprint density at radius 1 is 1.17 bits per heavy atom. The number of rotatable bonds is 9. The maximum absolute atomic E-state index is 13.2. The van der Waals surface area contributed by atoms with Crippen molar-refractivity contribution in [1.82, 2.24) is 24.9 Å². The summed E-state index contributed by atoms with van der Waals surface area (Å²) in [5.74, 6) is 0.484. The standard InChI is InChI=1S/C33H39N5O4/c1-22(2)38-19-26(16-35-38)24-6-4-5-23(13-24)17-36-11-9-33(10-12-36)21-42-30-15-28-25(14-29(30)33)18-37(32(28)41)27(20-39)7-8-31(40)34-3/h4-6,13-16,19-20,22,27H,7-12,17-18,21H2,1-3H3,(H,34,40). The maximum atomic E-state index is 13.2. The fourth-order valence-electron chi connectivity index (χ4n) is 6.59. The number of aldehydes is 1. The molecule has 3 aromatic rings. The topological polar surface area (TPSA) is 96.8 Å². The third-order valence-corrected chi connectivity index (χ3v) is 9.23. The Morgan fingerprint density at radius 2 is 1.98 bits per heavy atom. The molecule has 4 heterocycles. The zero-order valence-electron chi connectivity index (χ0n) is 24.6. The van der Waals surface area contributed by atoms with Gasteiger partial charge in [-0.2, -0.15) is 5.10 Å². The number of hydrogen-bond acceptors (Lipinski definition) is 6. The van der Waals surface area contributed by atoms with Crippen molar-refractivity contribution in [3.8, 4) is 16.9 Å². The number of ether oxygens (including phenoxy) is 1. The zero-order chi connectivity index (χ0) is 29.4. The van der Waals surface area contributed by atoms with Crippen LogP contribution in [-0.2, 0) is 28.1 Å². The molecule has 220 valence electrons. The summed E-state index contributed by atoms with van der Waals surface area (Å²) in [6.07, 6.45) is 7.31. The number of nitrogens with one attached hydrogen (secondary N) is 1. The van der Waals surface area contributed by atoms with Crippen molar-refractivity contribution in [2.24, 2.45) is 0 Å². The monoisotopic (exact) mass is 569 g/mol. The summed E-state index contributed by atoms with van der Waals surface area (Å²) in [5.41, 5.74) is 6.29. The molecule has 42 heavy (non-hydrogen) atoms. The smallest absolute Gasteiger partial charge is 0.255 e.